The van der Waals surface area contributed by atoms with Gasteiger partial charge in [0.2, 0.25) is 5.91 Å². The van der Waals surface area contributed by atoms with Crippen molar-refractivity contribution < 1.29 is 19.1 Å². The predicted molar refractivity (Wildman–Crippen MR) is 77.1 cm³/mol. The van der Waals surface area contributed by atoms with Crippen molar-refractivity contribution in [2.45, 2.75) is 11.3 Å². The van der Waals surface area contributed by atoms with E-state index in [4.69, 9.17) is 9.47 Å². The fourth-order valence-corrected chi connectivity index (χ4v) is 2.66. The molecule has 1 N–H and O–H groups in total. The van der Waals surface area contributed by atoms with Crippen molar-refractivity contribution in [2.75, 3.05) is 31.9 Å². The Labute approximate surface area is 122 Å². The zero-order valence-electron chi connectivity index (χ0n) is 11.5. The molecule has 0 spiro atoms. The highest BCUT2D eigenvalue weighted by Crippen LogP contribution is 2.30. The van der Waals surface area contributed by atoms with E-state index in [2.05, 4.69) is 5.32 Å². The van der Waals surface area contributed by atoms with Gasteiger partial charge in [0, 0.05) is 11.5 Å². The normalized spacial score (nSPS) is 17.8. The number of esters is 1. The van der Waals surface area contributed by atoms with Gasteiger partial charge in [-0.2, -0.15) is 0 Å². The number of methoxy groups -OCH3 is 1. The molecule has 1 heterocycles. The average Bonchev–Trinajstić information content (AvgIpc) is 3.01. The predicted octanol–water partition coefficient (Wildman–Crippen LogP) is 2.17. The Kier molecular flexibility index (Phi) is 5.03. The fraction of sp³-hybridized carbons (Fsp3) is 0.429. The van der Waals surface area contributed by atoms with Crippen LogP contribution in [-0.4, -0.2) is 38.5 Å². The van der Waals surface area contributed by atoms with E-state index in [1.807, 2.05) is 12.3 Å². The van der Waals surface area contributed by atoms with Crippen LogP contribution in [0.5, 0.6) is 0 Å². The number of amides is 1. The molecule has 1 aliphatic rings. The first kappa shape index (κ1) is 14.9. The summed E-state index contributed by atoms with van der Waals surface area (Å²) in [4.78, 5) is 24.8. The third kappa shape index (κ3) is 3.13. The van der Waals surface area contributed by atoms with Crippen LogP contribution in [0.15, 0.2) is 23.1 Å². The van der Waals surface area contributed by atoms with E-state index in [0.29, 0.717) is 30.9 Å². The highest BCUT2D eigenvalue weighted by molar-refractivity contribution is 7.98. The van der Waals surface area contributed by atoms with Crippen molar-refractivity contribution in [1.29, 1.82) is 0 Å². The van der Waals surface area contributed by atoms with Gasteiger partial charge in [-0.25, -0.2) is 4.79 Å². The van der Waals surface area contributed by atoms with Gasteiger partial charge in [-0.1, -0.05) is 6.07 Å². The summed E-state index contributed by atoms with van der Waals surface area (Å²) in [7, 11) is 1.32. The molecule has 1 atom stereocenters. The maximum Gasteiger partial charge on any atom is 0.340 e. The Hall–Kier alpha value is -1.53. The number of ether oxygens (including phenoxy) is 2. The van der Waals surface area contributed by atoms with Crippen LogP contribution >= 0.6 is 11.8 Å². The molecule has 0 saturated carbocycles. The molecule has 2 rings (SSSR count). The molecule has 0 radical (unpaired) electrons. The van der Waals surface area contributed by atoms with E-state index in [-0.39, 0.29) is 11.8 Å². The van der Waals surface area contributed by atoms with Crippen molar-refractivity contribution in [3.8, 4) is 0 Å². The van der Waals surface area contributed by atoms with Gasteiger partial charge in [-0.05, 0) is 24.8 Å². The molecule has 1 saturated heterocycles. The highest BCUT2D eigenvalue weighted by Gasteiger charge is 2.26. The second-order valence-corrected chi connectivity index (χ2v) is 5.27. The summed E-state index contributed by atoms with van der Waals surface area (Å²) in [6.07, 6.45) is 2.60. The number of para-hydroxylation sites is 1. The van der Waals surface area contributed by atoms with Crippen LogP contribution in [0, 0.1) is 5.92 Å². The van der Waals surface area contributed by atoms with Gasteiger partial charge in [-0.15, -0.1) is 11.8 Å². The van der Waals surface area contributed by atoms with Crippen molar-refractivity contribution >= 4 is 29.3 Å². The van der Waals surface area contributed by atoms with Crippen molar-refractivity contribution in [3.05, 3.63) is 23.8 Å². The van der Waals surface area contributed by atoms with E-state index >= 15 is 0 Å². The summed E-state index contributed by atoms with van der Waals surface area (Å²) in [5.41, 5.74) is 0.885. The number of benzene rings is 1. The van der Waals surface area contributed by atoms with Gasteiger partial charge in [-0.3, -0.25) is 4.79 Å². The number of nitrogens with one attached hydrogen (secondary N) is 1. The standard InChI is InChI=1S/C14H17NO4S/c1-18-14(17)10-4-3-5-11(20-2)12(10)15-13(16)9-6-7-19-8-9/h3-5,9H,6-8H2,1-2H3,(H,15,16)/t9-/m1/s1. The summed E-state index contributed by atoms with van der Waals surface area (Å²) in [6.45, 7) is 1.03. The molecule has 1 amide bonds. The largest absolute Gasteiger partial charge is 0.465 e. The number of carbonyl (C=O) groups excluding carboxylic acids is 2. The summed E-state index contributed by atoms with van der Waals surface area (Å²) in [5.74, 6) is -0.733. The van der Waals surface area contributed by atoms with E-state index in [0.717, 1.165) is 4.90 Å². The lowest BCUT2D eigenvalue weighted by molar-refractivity contribution is -0.119. The molecule has 0 bridgehead atoms. The lowest BCUT2D eigenvalue weighted by atomic mass is 10.1. The maximum atomic E-state index is 12.2. The topological polar surface area (TPSA) is 64.6 Å². The first-order valence-corrected chi connectivity index (χ1v) is 7.53. The van der Waals surface area contributed by atoms with Gasteiger partial charge >= 0.3 is 5.97 Å². The Balaban J connectivity index is 2.28. The smallest absolute Gasteiger partial charge is 0.340 e. The Morgan fingerprint density at radius 3 is 2.85 bits per heavy atom. The second-order valence-electron chi connectivity index (χ2n) is 4.42. The summed E-state index contributed by atoms with van der Waals surface area (Å²) < 4.78 is 9.97. The number of anilines is 1. The van der Waals surface area contributed by atoms with Crippen molar-refractivity contribution in [2.24, 2.45) is 5.92 Å². The molecule has 6 heteroatoms. The molecule has 1 aromatic rings. The summed E-state index contributed by atoms with van der Waals surface area (Å²) >= 11 is 1.47. The number of carbonyl (C=O) groups is 2. The van der Waals surface area contributed by atoms with Gasteiger partial charge < -0.3 is 14.8 Å². The monoisotopic (exact) mass is 295 g/mol. The molecule has 0 aliphatic carbocycles. The molecule has 5 nitrogen and oxygen atoms in total. The van der Waals surface area contributed by atoms with Crippen LogP contribution in [0.25, 0.3) is 0 Å². The molecular formula is C14H17NO4S. The minimum absolute atomic E-state index is 0.117. The van der Waals surface area contributed by atoms with Crippen LogP contribution in [0.1, 0.15) is 16.8 Å². The molecule has 0 aromatic heterocycles. The van der Waals surface area contributed by atoms with Gasteiger partial charge in [0.15, 0.2) is 0 Å². The third-order valence-corrected chi connectivity index (χ3v) is 3.98. The summed E-state index contributed by atoms with van der Waals surface area (Å²) in [5, 5.41) is 2.85. The maximum absolute atomic E-state index is 12.2. The van der Waals surface area contributed by atoms with Gasteiger partial charge in [0.1, 0.15) is 0 Å². The van der Waals surface area contributed by atoms with E-state index in [1.165, 1.54) is 18.9 Å². The van der Waals surface area contributed by atoms with Crippen LogP contribution in [0.3, 0.4) is 0 Å². The first-order valence-electron chi connectivity index (χ1n) is 6.31. The van der Waals surface area contributed by atoms with Crippen LogP contribution in [-0.2, 0) is 14.3 Å². The zero-order chi connectivity index (χ0) is 14.5. The highest BCUT2D eigenvalue weighted by atomic mass is 32.2. The third-order valence-electron chi connectivity index (χ3n) is 3.20. The number of thioether (sulfide) groups is 1. The van der Waals surface area contributed by atoms with Crippen molar-refractivity contribution in [3.63, 3.8) is 0 Å². The van der Waals surface area contributed by atoms with Gasteiger partial charge in [0.25, 0.3) is 0 Å². The van der Waals surface area contributed by atoms with Crippen LogP contribution in [0.4, 0.5) is 5.69 Å². The molecule has 20 heavy (non-hydrogen) atoms. The van der Waals surface area contributed by atoms with Crippen molar-refractivity contribution in [1.82, 2.24) is 0 Å². The quantitative estimate of drug-likeness (QED) is 0.681. The minimum Gasteiger partial charge on any atom is -0.465 e. The average molecular weight is 295 g/mol. The van der Waals surface area contributed by atoms with E-state index in [9.17, 15) is 9.59 Å². The zero-order valence-corrected chi connectivity index (χ0v) is 12.3. The molecule has 1 aromatic carbocycles. The molecule has 1 aliphatic heterocycles. The number of hydrogen-bond donors (Lipinski definition) is 1. The SMILES string of the molecule is COC(=O)c1cccc(SC)c1NC(=O)[C@@H]1CCOC1. The van der Waals surface area contributed by atoms with Gasteiger partial charge in [0.05, 0.1) is 30.9 Å². The molecule has 108 valence electrons. The Bertz CT molecular complexity index is 512. The van der Waals surface area contributed by atoms with E-state index in [1.54, 1.807) is 12.1 Å². The van der Waals surface area contributed by atoms with Crippen LogP contribution in [0.2, 0.25) is 0 Å². The van der Waals surface area contributed by atoms with Crippen LogP contribution < -0.4 is 5.32 Å². The minimum atomic E-state index is -0.459. The Morgan fingerprint density at radius 2 is 2.25 bits per heavy atom. The summed E-state index contributed by atoms with van der Waals surface area (Å²) in [6, 6.07) is 5.27. The van der Waals surface area contributed by atoms with E-state index < -0.39 is 5.97 Å². The molecular weight excluding hydrogens is 278 g/mol. The fourth-order valence-electron chi connectivity index (χ4n) is 2.08. The molecule has 1 fully saturated rings. The second kappa shape index (κ2) is 6.76. The lowest BCUT2D eigenvalue weighted by Crippen LogP contribution is -2.24. The lowest BCUT2D eigenvalue weighted by Gasteiger charge is -2.15. The first-order chi connectivity index (χ1) is 9.67. The number of hydrogen-bond acceptors (Lipinski definition) is 5. The Morgan fingerprint density at radius 1 is 1.45 bits per heavy atom. The number of rotatable bonds is 4. The molecule has 0 unspecified atom stereocenters.